The van der Waals surface area contributed by atoms with Crippen molar-refractivity contribution in [2.45, 2.75) is 4.90 Å². The third kappa shape index (κ3) is 5.28. The smallest absolute Gasteiger partial charge is 0.342 e. The summed E-state index contributed by atoms with van der Waals surface area (Å²) in [6.45, 7) is 0.674. The normalized spacial score (nSPS) is 14.5. The molecule has 1 aromatic heterocycles. The van der Waals surface area contributed by atoms with Gasteiger partial charge in [-0.3, -0.25) is 9.89 Å². The van der Waals surface area contributed by atoms with Crippen LogP contribution in [0.2, 0.25) is 0 Å². The van der Waals surface area contributed by atoms with E-state index in [9.17, 15) is 18.0 Å². The van der Waals surface area contributed by atoms with Crippen molar-refractivity contribution in [1.82, 2.24) is 14.5 Å². The minimum atomic E-state index is -3.70. The summed E-state index contributed by atoms with van der Waals surface area (Å²) in [5.41, 5.74) is 1.72. The summed E-state index contributed by atoms with van der Waals surface area (Å²) in [5, 5.41) is 9.21. The van der Waals surface area contributed by atoms with Crippen molar-refractivity contribution in [3.8, 4) is 11.3 Å². The lowest BCUT2D eigenvalue weighted by molar-refractivity contribution is -0.119. The second kappa shape index (κ2) is 9.94. The summed E-state index contributed by atoms with van der Waals surface area (Å²) >= 11 is 0. The number of anilines is 1. The van der Waals surface area contributed by atoms with E-state index in [4.69, 9.17) is 9.47 Å². The predicted molar refractivity (Wildman–Crippen MR) is 119 cm³/mol. The Hall–Kier alpha value is -3.54. The number of ether oxygens (including phenoxy) is 2. The van der Waals surface area contributed by atoms with Gasteiger partial charge in [-0.05, 0) is 18.2 Å². The van der Waals surface area contributed by atoms with Gasteiger partial charge in [0.25, 0.3) is 5.91 Å². The van der Waals surface area contributed by atoms with Gasteiger partial charge >= 0.3 is 5.97 Å². The molecule has 2 heterocycles. The number of benzene rings is 2. The quantitative estimate of drug-likeness (QED) is 0.504. The van der Waals surface area contributed by atoms with E-state index in [1.807, 2.05) is 30.3 Å². The number of nitrogens with one attached hydrogen (secondary N) is 2. The Morgan fingerprint density at radius 3 is 2.61 bits per heavy atom. The van der Waals surface area contributed by atoms with E-state index >= 15 is 0 Å². The lowest BCUT2D eigenvalue weighted by Gasteiger charge is -2.26. The number of esters is 1. The number of aromatic amines is 1. The Morgan fingerprint density at radius 1 is 1.09 bits per heavy atom. The van der Waals surface area contributed by atoms with E-state index in [1.54, 1.807) is 6.07 Å². The highest BCUT2D eigenvalue weighted by Crippen LogP contribution is 2.22. The Kier molecular flexibility index (Phi) is 6.82. The first-order valence-corrected chi connectivity index (χ1v) is 11.6. The maximum atomic E-state index is 12.8. The molecule has 33 heavy (non-hydrogen) atoms. The fraction of sp³-hybridized carbons (Fsp3) is 0.227. The molecule has 0 saturated carbocycles. The molecule has 0 aliphatic carbocycles. The van der Waals surface area contributed by atoms with E-state index in [0.29, 0.717) is 18.9 Å². The zero-order chi connectivity index (χ0) is 23.3. The van der Waals surface area contributed by atoms with Crippen LogP contribution in [0.25, 0.3) is 11.3 Å². The summed E-state index contributed by atoms with van der Waals surface area (Å²) in [6, 6.07) is 15.1. The highest BCUT2D eigenvalue weighted by atomic mass is 32.2. The molecule has 2 aromatic carbocycles. The maximum Gasteiger partial charge on any atom is 0.342 e. The topological polar surface area (TPSA) is 131 Å². The molecule has 0 radical (unpaired) electrons. The van der Waals surface area contributed by atoms with Crippen molar-refractivity contribution >= 4 is 27.6 Å². The first-order chi connectivity index (χ1) is 15.9. The van der Waals surface area contributed by atoms with Crippen molar-refractivity contribution in [3.05, 3.63) is 66.4 Å². The van der Waals surface area contributed by atoms with Crippen LogP contribution in [0, 0.1) is 0 Å². The van der Waals surface area contributed by atoms with E-state index in [0.717, 1.165) is 5.56 Å². The summed E-state index contributed by atoms with van der Waals surface area (Å²) < 4.78 is 37.3. The second-order valence-electron chi connectivity index (χ2n) is 7.19. The van der Waals surface area contributed by atoms with Gasteiger partial charge in [-0.25, -0.2) is 13.2 Å². The number of rotatable bonds is 7. The fourth-order valence-corrected chi connectivity index (χ4v) is 4.80. The highest BCUT2D eigenvalue weighted by Gasteiger charge is 2.26. The lowest BCUT2D eigenvalue weighted by atomic mass is 10.1. The lowest BCUT2D eigenvalue weighted by Crippen LogP contribution is -2.40. The number of carbonyl (C=O) groups is 2. The number of hydrogen-bond donors (Lipinski definition) is 2. The van der Waals surface area contributed by atoms with Crippen LogP contribution in [0.3, 0.4) is 0 Å². The number of H-pyrrole nitrogens is 1. The van der Waals surface area contributed by atoms with Gasteiger partial charge in [-0.15, -0.1) is 0 Å². The monoisotopic (exact) mass is 470 g/mol. The van der Waals surface area contributed by atoms with Crippen LogP contribution in [0.15, 0.2) is 65.7 Å². The molecule has 1 amide bonds. The van der Waals surface area contributed by atoms with Gasteiger partial charge < -0.3 is 14.8 Å². The number of nitrogens with zero attached hydrogens (tertiary/aromatic N) is 2. The van der Waals surface area contributed by atoms with Crippen LogP contribution in [0.1, 0.15) is 10.4 Å². The third-order valence-corrected chi connectivity index (χ3v) is 6.88. The molecule has 10 nitrogen and oxygen atoms in total. The summed E-state index contributed by atoms with van der Waals surface area (Å²) in [5.74, 6) is -1.31. The van der Waals surface area contributed by atoms with Gasteiger partial charge in [0.05, 0.1) is 30.0 Å². The van der Waals surface area contributed by atoms with Crippen molar-refractivity contribution in [3.63, 3.8) is 0 Å². The standard InChI is InChI=1S/C22H22N4O6S/c27-20(15-32-22(28)19-14-23-25-21(19)16-5-2-1-3-6-16)24-17-7-4-8-18(13-17)33(29,30)26-9-11-31-12-10-26/h1-8,13-14H,9-12,15H2,(H,23,25)(H,24,27). The van der Waals surface area contributed by atoms with Crippen LogP contribution in [-0.2, 0) is 24.3 Å². The second-order valence-corrected chi connectivity index (χ2v) is 9.13. The highest BCUT2D eigenvalue weighted by molar-refractivity contribution is 7.89. The van der Waals surface area contributed by atoms with E-state index in [-0.39, 0.29) is 29.2 Å². The predicted octanol–water partition coefficient (Wildman–Crippen LogP) is 1.89. The zero-order valence-corrected chi connectivity index (χ0v) is 18.4. The van der Waals surface area contributed by atoms with E-state index < -0.39 is 28.5 Å². The number of aromatic nitrogens is 2. The molecule has 0 unspecified atom stereocenters. The summed E-state index contributed by atoms with van der Waals surface area (Å²) in [7, 11) is -3.70. The maximum absolute atomic E-state index is 12.8. The molecule has 11 heteroatoms. The number of hydrogen-bond acceptors (Lipinski definition) is 7. The van der Waals surface area contributed by atoms with Crippen molar-refractivity contribution in [2.75, 3.05) is 38.2 Å². The van der Waals surface area contributed by atoms with Gasteiger partial charge in [0, 0.05) is 24.3 Å². The molecule has 1 aliphatic heterocycles. The van der Waals surface area contributed by atoms with Gasteiger partial charge in [-0.1, -0.05) is 36.4 Å². The fourth-order valence-electron chi connectivity index (χ4n) is 3.34. The molecule has 1 saturated heterocycles. The van der Waals surface area contributed by atoms with Crippen LogP contribution in [-0.4, -0.2) is 67.7 Å². The summed E-state index contributed by atoms with van der Waals surface area (Å²) in [6.07, 6.45) is 1.34. The molecule has 1 fully saturated rings. The zero-order valence-electron chi connectivity index (χ0n) is 17.6. The van der Waals surface area contributed by atoms with Crippen LogP contribution < -0.4 is 5.32 Å². The largest absolute Gasteiger partial charge is 0.452 e. The molecule has 1 aliphatic rings. The van der Waals surface area contributed by atoms with Crippen molar-refractivity contribution in [2.24, 2.45) is 0 Å². The summed E-state index contributed by atoms with van der Waals surface area (Å²) in [4.78, 5) is 24.8. The molecule has 172 valence electrons. The molecule has 4 rings (SSSR count). The Morgan fingerprint density at radius 2 is 1.85 bits per heavy atom. The molecular formula is C22H22N4O6S. The molecule has 0 bridgehead atoms. The molecule has 0 spiro atoms. The molecule has 2 N–H and O–H groups in total. The SMILES string of the molecule is O=C(COC(=O)c1cn[nH]c1-c1ccccc1)Nc1cccc(S(=O)(=O)N2CCOCC2)c1. The van der Waals surface area contributed by atoms with Crippen LogP contribution in [0.5, 0.6) is 0 Å². The van der Waals surface area contributed by atoms with Crippen LogP contribution in [0.4, 0.5) is 5.69 Å². The average molecular weight is 471 g/mol. The average Bonchev–Trinajstić information content (AvgIpc) is 3.34. The van der Waals surface area contributed by atoms with Gasteiger partial charge in [-0.2, -0.15) is 9.40 Å². The Balaban J connectivity index is 1.38. The van der Waals surface area contributed by atoms with Gasteiger partial charge in [0.1, 0.15) is 5.56 Å². The third-order valence-electron chi connectivity index (χ3n) is 4.98. The van der Waals surface area contributed by atoms with Crippen LogP contribution >= 0.6 is 0 Å². The minimum Gasteiger partial charge on any atom is -0.452 e. The first kappa shape index (κ1) is 22.6. The van der Waals surface area contributed by atoms with Crippen molar-refractivity contribution in [1.29, 1.82) is 0 Å². The molecule has 3 aromatic rings. The molecular weight excluding hydrogens is 448 g/mol. The van der Waals surface area contributed by atoms with Gasteiger partial charge in [0.2, 0.25) is 10.0 Å². The number of carbonyl (C=O) groups excluding carboxylic acids is 2. The van der Waals surface area contributed by atoms with E-state index in [2.05, 4.69) is 15.5 Å². The van der Waals surface area contributed by atoms with Crippen molar-refractivity contribution < 1.29 is 27.5 Å². The van der Waals surface area contributed by atoms with Gasteiger partial charge in [0.15, 0.2) is 6.61 Å². The van der Waals surface area contributed by atoms with E-state index in [1.165, 1.54) is 28.7 Å². The number of amides is 1. The number of sulfonamides is 1. The Labute approximate surface area is 190 Å². The first-order valence-electron chi connectivity index (χ1n) is 10.2. The number of morpholine rings is 1. The minimum absolute atomic E-state index is 0.0603. The molecule has 0 atom stereocenters. The Bertz CT molecular complexity index is 1240.